The molecule has 1 aromatic rings. The summed E-state index contributed by atoms with van der Waals surface area (Å²) < 4.78 is 4.78. The molecule has 1 saturated heterocycles. The van der Waals surface area contributed by atoms with Crippen LogP contribution < -0.4 is 10.6 Å². The molecular formula is C16H24N2O2. The fraction of sp³-hybridized carbons (Fsp3) is 0.562. The third-order valence-electron chi connectivity index (χ3n) is 4.73. The van der Waals surface area contributed by atoms with E-state index in [0.717, 1.165) is 24.5 Å². The first kappa shape index (κ1) is 14.7. The molecule has 1 aromatic carbocycles. The smallest absolute Gasteiger partial charge is 0.337 e. The lowest BCUT2D eigenvalue weighted by Gasteiger charge is -2.28. The number of nitrogens with zero attached hydrogens (tertiary/aromatic N) is 1. The summed E-state index contributed by atoms with van der Waals surface area (Å²) in [6.07, 6.45) is 3.54. The van der Waals surface area contributed by atoms with E-state index < -0.39 is 0 Å². The summed E-state index contributed by atoms with van der Waals surface area (Å²) in [6.45, 7) is 6.51. The molecule has 0 aromatic heterocycles. The third-order valence-corrected chi connectivity index (χ3v) is 4.73. The van der Waals surface area contributed by atoms with Gasteiger partial charge in [0.05, 0.1) is 24.0 Å². The highest BCUT2D eigenvalue weighted by atomic mass is 16.5. The summed E-state index contributed by atoms with van der Waals surface area (Å²) in [4.78, 5) is 14.0. The molecule has 1 aliphatic rings. The van der Waals surface area contributed by atoms with Gasteiger partial charge in [0, 0.05) is 13.1 Å². The van der Waals surface area contributed by atoms with Gasteiger partial charge in [-0.3, -0.25) is 0 Å². The van der Waals surface area contributed by atoms with Crippen molar-refractivity contribution in [3.8, 4) is 0 Å². The standard InChI is InChI=1S/C16H24N2O2/c1-4-16(5-2)8-9-18(11-16)14-10-12(15(19)20-3)6-7-13(14)17/h6-7,10H,4-5,8-9,11,17H2,1-3H3. The van der Waals surface area contributed by atoms with E-state index in [4.69, 9.17) is 10.5 Å². The molecule has 0 radical (unpaired) electrons. The summed E-state index contributed by atoms with van der Waals surface area (Å²) in [5.41, 5.74) is 8.71. The summed E-state index contributed by atoms with van der Waals surface area (Å²) in [5, 5.41) is 0. The highest BCUT2D eigenvalue weighted by Crippen LogP contribution is 2.40. The van der Waals surface area contributed by atoms with Crippen LogP contribution in [0.4, 0.5) is 11.4 Å². The molecule has 0 unspecified atom stereocenters. The van der Waals surface area contributed by atoms with Gasteiger partial charge < -0.3 is 15.4 Å². The fourth-order valence-electron chi connectivity index (χ4n) is 3.03. The normalized spacial score (nSPS) is 17.2. The Bertz CT molecular complexity index is 495. The van der Waals surface area contributed by atoms with E-state index in [9.17, 15) is 4.79 Å². The SMILES string of the molecule is CCC1(CC)CCN(c2cc(C(=O)OC)ccc2N)C1. The molecule has 0 amide bonds. The Morgan fingerprint density at radius 2 is 2.10 bits per heavy atom. The van der Waals surface area contributed by atoms with E-state index in [2.05, 4.69) is 18.7 Å². The van der Waals surface area contributed by atoms with E-state index in [1.165, 1.54) is 26.4 Å². The monoisotopic (exact) mass is 276 g/mol. The van der Waals surface area contributed by atoms with Crippen molar-refractivity contribution in [1.29, 1.82) is 0 Å². The number of nitrogens with two attached hydrogens (primary N) is 1. The van der Waals surface area contributed by atoms with Crippen molar-refractivity contribution in [1.82, 2.24) is 0 Å². The van der Waals surface area contributed by atoms with Crippen molar-refractivity contribution in [3.63, 3.8) is 0 Å². The van der Waals surface area contributed by atoms with Crippen LogP contribution in [0.3, 0.4) is 0 Å². The number of hydrogen-bond acceptors (Lipinski definition) is 4. The van der Waals surface area contributed by atoms with Crippen molar-refractivity contribution in [3.05, 3.63) is 23.8 Å². The van der Waals surface area contributed by atoms with Gasteiger partial charge in [0.1, 0.15) is 0 Å². The predicted molar refractivity (Wildman–Crippen MR) is 82.0 cm³/mol. The first-order valence-electron chi connectivity index (χ1n) is 7.28. The van der Waals surface area contributed by atoms with E-state index in [-0.39, 0.29) is 5.97 Å². The van der Waals surface area contributed by atoms with Gasteiger partial charge in [0.15, 0.2) is 0 Å². The van der Waals surface area contributed by atoms with Gasteiger partial charge in [-0.15, -0.1) is 0 Å². The van der Waals surface area contributed by atoms with Crippen LogP contribution in [0.1, 0.15) is 43.5 Å². The molecular weight excluding hydrogens is 252 g/mol. The topological polar surface area (TPSA) is 55.6 Å². The van der Waals surface area contributed by atoms with Gasteiger partial charge in [-0.1, -0.05) is 13.8 Å². The number of ether oxygens (including phenoxy) is 1. The Kier molecular flexibility index (Phi) is 4.21. The lowest BCUT2D eigenvalue weighted by Crippen LogP contribution is -2.26. The van der Waals surface area contributed by atoms with Crippen LogP contribution in [0.25, 0.3) is 0 Å². The van der Waals surface area contributed by atoms with Crippen molar-refractivity contribution >= 4 is 17.3 Å². The maximum absolute atomic E-state index is 11.6. The Labute approximate surface area is 120 Å². The summed E-state index contributed by atoms with van der Waals surface area (Å²) >= 11 is 0. The number of esters is 1. The van der Waals surface area contributed by atoms with Crippen LogP contribution in [0.2, 0.25) is 0 Å². The van der Waals surface area contributed by atoms with E-state index in [1.54, 1.807) is 12.1 Å². The fourth-order valence-corrected chi connectivity index (χ4v) is 3.03. The molecule has 0 atom stereocenters. The van der Waals surface area contributed by atoms with Crippen LogP contribution in [-0.2, 0) is 4.74 Å². The summed E-state index contributed by atoms with van der Waals surface area (Å²) in [5.74, 6) is -0.317. The molecule has 2 rings (SSSR count). The largest absolute Gasteiger partial charge is 0.465 e. The Morgan fingerprint density at radius 1 is 1.40 bits per heavy atom. The van der Waals surface area contributed by atoms with Crippen LogP contribution in [0, 0.1) is 5.41 Å². The van der Waals surface area contributed by atoms with Gasteiger partial charge in [-0.2, -0.15) is 0 Å². The molecule has 1 heterocycles. The van der Waals surface area contributed by atoms with E-state index in [1.807, 2.05) is 6.07 Å². The zero-order valence-corrected chi connectivity index (χ0v) is 12.6. The van der Waals surface area contributed by atoms with E-state index in [0.29, 0.717) is 11.0 Å². The number of methoxy groups -OCH3 is 1. The minimum atomic E-state index is -0.317. The minimum absolute atomic E-state index is 0.317. The second-order valence-electron chi connectivity index (χ2n) is 5.64. The molecule has 110 valence electrons. The van der Waals surface area contributed by atoms with Crippen molar-refractivity contribution in [2.75, 3.05) is 30.8 Å². The maximum atomic E-state index is 11.6. The van der Waals surface area contributed by atoms with Gasteiger partial charge in [0.2, 0.25) is 0 Å². The van der Waals surface area contributed by atoms with Gasteiger partial charge in [-0.05, 0) is 42.9 Å². The number of rotatable bonds is 4. The Balaban J connectivity index is 2.27. The van der Waals surface area contributed by atoms with Gasteiger partial charge in [-0.25, -0.2) is 4.79 Å². The molecule has 1 aliphatic heterocycles. The predicted octanol–water partition coefficient (Wildman–Crippen LogP) is 3.07. The molecule has 0 saturated carbocycles. The lowest BCUT2D eigenvalue weighted by molar-refractivity contribution is 0.0601. The molecule has 20 heavy (non-hydrogen) atoms. The van der Waals surface area contributed by atoms with Crippen LogP contribution in [0.5, 0.6) is 0 Å². The van der Waals surface area contributed by atoms with Gasteiger partial charge in [0.25, 0.3) is 0 Å². The number of anilines is 2. The van der Waals surface area contributed by atoms with Crippen LogP contribution >= 0.6 is 0 Å². The Morgan fingerprint density at radius 3 is 2.65 bits per heavy atom. The van der Waals surface area contributed by atoms with Crippen LogP contribution in [0.15, 0.2) is 18.2 Å². The molecule has 0 bridgehead atoms. The average Bonchev–Trinajstić information content (AvgIpc) is 2.92. The first-order valence-corrected chi connectivity index (χ1v) is 7.28. The molecule has 1 fully saturated rings. The zero-order chi connectivity index (χ0) is 14.8. The molecule has 4 nitrogen and oxygen atoms in total. The highest BCUT2D eigenvalue weighted by Gasteiger charge is 2.35. The van der Waals surface area contributed by atoms with E-state index >= 15 is 0 Å². The molecule has 0 spiro atoms. The zero-order valence-electron chi connectivity index (χ0n) is 12.6. The minimum Gasteiger partial charge on any atom is -0.465 e. The van der Waals surface area contributed by atoms with Crippen molar-refractivity contribution < 1.29 is 9.53 Å². The van der Waals surface area contributed by atoms with Crippen molar-refractivity contribution in [2.24, 2.45) is 5.41 Å². The van der Waals surface area contributed by atoms with Crippen molar-refractivity contribution in [2.45, 2.75) is 33.1 Å². The molecule has 0 aliphatic carbocycles. The number of carbonyl (C=O) groups is 1. The summed E-state index contributed by atoms with van der Waals surface area (Å²) in [7, 11) is 1.40. The van der Waals surface area contributed by atoms with Gasteiger partial charge >= 0.3 is 5.97 Å². The number of benzene rings is 1. The Hall–Kier alpha value is -1.71. The second-order valence-corrected chi connectivity index (χ2v) is 5.64. The molecule has 4 heteroatoms. The average molecular weight is 276 g/mol. The number of carbonyl (C=O) groups excluding carboxylic acids is 1. The second kappa shape index (κ2) is 5.73. The lowest BCUT2D eigenvalue weighted by atomic mass is 9.82. The number of nitrogen functional groups attached to an aromatic ring is 1. The summed E-state index contributed by atoms with van der Waals surface area (Å²) in [6, 6.07) is 5.36. The van der Waals surface area contributed by atoms with Crippen LogP contribution in [-0.4, -0.2) is 26.2 Å². The molecule has 2 N–H and O–H groups in total. The highest BCUT2D eigenvalue weighted by molar-refractivity contribution is 5.92. The maximum Gasteiger partial charge on any atom is 0.337 e. The third kappa shape index (κ3) is 2.60. The number of hydrogen-bond donors (Lipinski definition) is 1. The quantitative estimate of drug-likeness (QED) is 0.678. The first-order chi connectivity index (χ1) is 9.55.